The van der Waals surface area contributed by atoms with Gasteiger partial charge in [0.15, 0.2) is 9.84 Å². The standard InChI is InChI=1S/C19H26N2O4S/c1-25-16-9-5-8-15(10-16)21-18-13-26(23,24)12-17(18)20(11-19(21)22)14-6-3-2-4-7-14/h5,8-10,14,17-18H,2-4,6-7,11-13H2,1H3/t17-,18+/m0/s1. The number of rotatable bonds is 3. The summed E-state index contributed by atoms with van der Waals surface area (Å²) in [6.45, 7) is 0.304. The summed E-state index contributed by atoms with van der Waals surface area (Å²) < 4.78 is 30.2. The number of hydrogen-bond acceptors (Lipinski definition) is 5. The lowest BCUT2D eigenvalue weighted by Crippen LogP contribution is -2.64. The summed E-state index contributed by atoms with van der Waals surface area (Å²) in [5, 5.41) is 0. The van der Waals surface area contributed by atoms with Crippen LogP contribution in [0.15, 0.2) is 24.3 Å². The van der Waals surface area contributed by atoms with Crippen LogP contribution in [-0.2, 0) is 14.6 Å². The monoisotopic (exact) mass is 378 g/mol. The van der Waals surface area contributed by atoms with Crippen LogP contribution in [0.4, 0.5) is 5.69 Å². The molecule has 0 aromatic heterocycles. The Hall–Kier alpha value is -1.60. The lowest BCUT2D eigenvalue weighted by molar-refractivity contribution is -0.124. The summed E-state index contributed by atoms with van der Waals surface area (Å²) in [5.74, 6) is 0.857. The van der Waals surface area contributed by atoms with Gasteiger partial charge in [-0.1, -0.05) is 25.3 Å². The van der Waals surface area contributed by atoms with E-state index >= 15 is 0 Å². The molecule has 6 nitrogen and oxygen atoms in total. The number of piperazine rings is 1. The topological polar surface area (TPSA) is 66.9 Å². The molecule has 0 unspecified atom stereocenters. The predicted octanol–water partition coefficient (Wildman–Crippen LogP) is 1.84. The average Bonchev–Trinajstić information content (AvgIpc) is 2.96. The number of amides is 1. The number of methoxy groups -OCH3 is 1. The van der Waals surface area contributed by atoms with Crippen LogP contribution in [0.5, 0.6) is 5.75 Å². The number of hydrogen-bond donors (Lipinski definition) is 0. The minimum Gasteiger partial charge on any atom is -0.497 e. The Bertz CT molecular complexity index is 788. The van der Waals surface area contributed by atoms with Crippen LogP contribution in [0.2, 0.25) is 0 Å². The molecule has 0 spiro atoms. The van der Waals surface area contributed by atoms with Crippen LogP contribution < -0.4 is 9.64 Å². The van der Waals surface area contributed by atoms with Crippen LogP contribution >= 0.6 is 0 Å². The molecule has 1 aromatic rings. The molecule has 2 atom stereocenters. The zero-order chi connectivity index (χ0) is 18.3. The molecule has 1 aromatic carbocycles. The molecule has 26 heavy (non-hydrogen) atoms. The van der Waals surface area contributed by atoms with E-state index in [4.69, 9.17) is 4.74 Å². The van der Waals surface area contributed by atoms with Gasteiger partial charge in [0.2, 0.25) is 5.91 Å². The van der Waals surface area contributed by atoms with Crippen LogP contribution in [0.25, 0.3) is 0 Å². The molecule has 0 N–H and O–H groups in total. The van der Waals surface area contributed by atoms with Gasteiger partial charge in [0.1, 0.15) is 5.75 Å². The Morgan fingerprint density at radius 2 is 1.81 bits per heavy atom. The zero-order valence-electron chi connectivity index (χ0n) is 15.1. The highest BCUT2D eigenvalue weighted by Gasteiger charge is 2.51. The molecule has 7 heteroatoms. The minimum absolute atomic E-state index is 0.0119. The number of anilines is 1. The van der Waals surface area contributed by atoms with Crippen molar-refractivity contribution in [1.82, 2.24) is 4.90 Å². The van der Waals surface area contributed by atoms with E-state index in [1.54, 1.807) is 12.0 Å². The van der Waals surface area contributed by atoms with Crippen molar-refractivity contribution in [3.05, 3.63) is 24.3 Å². The van der Waals surface area contributed by atoms with Crippen molar-refractivity contribution in [3.8, 4) is 5.75 Å². The first kappa shape index (κ1) is 17.8. The van der Waals surface area contributed by atoms with Crippen molar-refractivity contribution in [2.24, 2.45) is 0 Å². The summed E-state index contributed by atoms with van der Waals surface area (Å²) in [6, 6.07) is 7.26. The van der Waals surface area contributed by atoms with E-state index in [0.717, 1.165) is 18.5 Å². The van der Waals surface area contributed by atoms with Gasteiger partial charge < -0.3 is 9.64 Å². The number of carbonyl (C=O) groups is 1. The van der Waals surface area contributed by atoms with Gasteiger partial charge in [-0.3, -0.25) is 9.69 Å². The fourth-order valence-corrected chi connectivity index (χ4v) is 6.78. The maximum atomic E-state index is 13.0. The van der Waals surface area contributed by atoms with Gasteiger partial charge in [-0.15, -0.1) is 0 Å². The molecule has 0 radical (unpaired) electrons. The highest BCUT2D eigenvalue weighted by Crippen LogP contribution is 2.36. The molecule has 1 amide bonds. The molecule has 142 valence electrons. The highest BCUT2D eigenvalue weighted by molar-refractivity contribution is 7.91. The van der Waals surface area contributed by atoms with E-state index in [2.05, 4.69) is 4.90 Å². The summed E-state index contributed by atoms with van der Waals surface area (Å²) in [4.78, 5) is 17.0. The predicted molar refractivity (Wildman–Crippen MR) is 100 cm³/mol. The quantitative estimate of drug-likeness (QED) is 0.803. The molecule has 2 aliphatic heterocycles. The second-order valence-corrected chi connectivity index (χ2v) is 9.79. The molecule has 3 aliphatic rings. The lowest BCUT2D eigenvalue weighted by Gasteiger charge is -2.47. The Morgan fingerprint density at radius 3 is 2.54 bits per heavy atom. The molecule has 2 heterocycles. The van der Waals surface area contributed by atoms with Gasteiger partial charge in [-0.25, -0.2) is 8.42 Å². The van der Waals surface area contributed by atoms with Crippen molar-refractivity contribution >= 4 is 21.4 Å². The molecule has 2 saturated heterocycles. The van der Waals surface area contributed by atoms with Crippen LogP contribution in [0.1, 0.15) is 32.1 Å². The third kappa shape index (κ3) is 3.22. The number of sulfone groups is 1. The largest absolute Gasteiger partial charge is 0.497 e. The molecule has 1 saturated carbocycles. The van der Waals surface area contributed by atoms with E-state index in [1.807, 2.05) is 24.3 Å². The number of ether oxygens (including phenoxy) is 1. The molecule has 0 bridgehead atoms. The number of benzene rings is 1. The van der Waals surface area contributed by atoms with Gasteiger partial charge in [0, 0.05) is 23.8 Å². The molecular weight excluding hydrogens is 352 g/mol. The minimum atomic E-state index is -3.15. The van der Waals surface area contributed by atoms with E-state index in [9.17, 15) is 13.2 Å². The van der Waals surface area contributed by atoms with Crippen molar-refractivity contribution in [1.29, 1.82) is 0 Å². The van der Waals surface area contributed by atoms with Crippen molar-refractivity contribution in [3.63, 3.8) is 0 Å². The van der Waals surface area contributed by atoms with Crippen LogP contribution in [0.3, 0.4) is 0 Å². The van der Waals surface area contributed by atoms with E-state index in [-0.39, 0.29) is 29.5 Å². The van der Waals surface area contributed by atoms with Gasteiger partial charge in [0.25, 0.3) is 0 Å². The third-order valence-corrected chi connectivity index (χ3v) is 7.71. The summed E-state index contributed by atoms with van der Waals surface area (Å²) in [7, 11) is -1.56. The molecule has 3 fully saturated rings. The van der Waals surface area contributed by atoms with Crippen molar-refractivity contribution in [2.45, 2.75) is 50.2 Å². The van der Waals surface area contributed by atoms with E-state index < -0.39 is 9.84 Å². The molecule has 4 rings (SSSR count). The second-order valence-electron chi connectivity index (χ2n) is 7.64. The van der Waals surface area contributed by atoms with E-state index in [0.29, 0.717) is 18.3 Å². The lowest BCUT2D eigenvalue weighted by atomic mass is 9.91. The zero-order valence-corrected chi connectivity index (χ0v) is 16.0. The summed E-state index contributed by atoms with van der Waals surface area (Å²) >= 11 is 0. The van der Waals surface area contributed by atoms with Crippen molar-refractivity contribution in [2.75, 3.05) is 30.1 Å². The third-order valence-electron chi connectivity index (χ3n) is 6.01. The van der Waals surface area contributed by atoms with Gasteiger partial charge >= 0.3 is 0 Å². The van der Waals surface area contributed by atoms with Gasteiger partial charge in [0.05, 0.1) is 31.2 Å². The van der Waals surface area contributed by atoms with Gasteiger partial charge in [-0.2, -0.15) is 0 Å². The fourth-order valence-electron chi connectivity index (χ4n) is 4.82. The smallest absolute Gasteiger partial charge is 0.241 e. The average molecular weight is 378 g/mol. The van der Waals surface area contributed by atoms with Crippen LogP contribution in [0, 0.1) is 0 Å². The Morgan fingerprint density at radius 1 is 1.08 bits per heavy atom. The fraction of sp³-hybridized carbons (Fsp3) is 0.632. The number of carbonyl (C=O) groups excluding carboxylic acids is 1. The number of fused-ring (bicyclic) bond motifs is 1. The van der Waals surface area contributed by atoms with E-state index in [1.165, 1.54) is 19.3 Å². The maximum absolute atomic E-state index is 13.0. The Kier molecular flexibility index (Phi) is 4.69. The first-order chi connectivity index (χ1) is 12.5. The first-order valence-corrected chi connectivity index (χ1v) is 11.2. The Labute approximate surface area is 155 Å². The second kappa shape index (κ2) is 6.85. The first-order valence-electron chi connectivity index (χ1n) is 9.41. The normalized spacial score (nSPS) is 29.6. The van der Waals surface area contributed by atoms with Crippen LogP contribution in [-0.4, -0.2) is 62.5 Å². The Balaban J connectivity index is 1.68. The summed E-state index contributed by atoms with van der Waals surface area (Å²) in [6.07, 6.45) is 5.70. The summed E-state index contributed by atoms with van der Waals surface area (Å²) in [5.41, 5.74) is 0.727. The van der Waals surface area contributed by atoms with Crippen molar-refractivity contribution < 1.29 is 17.9 Å². The maximum Gasteiger partial charge on any atom is 0.241 e. The van der Waals surface area contributed by atoms with Gasteiger partial charge in [-0.05, 0) is 25.0 Å². The number of nitrogens with zero attached hydrogens (tertiary/aromatic N) is 2. The molecule has 1 aliphatic carbocycles. The highest BCUT2D eigenvalue weighted by atomic mass is 32.2. The molecular formula is C19H26N2O4S. The SMILES string of the molecule is COc1cccc(N2C(=O)CN(C3CCCCC3)[C@H]3CS(=O)(=O)C[C@H]32)c1.